The number of aliphatic hydroxyl groups is 1. The van der Waals surface area contributed by atoms with Gasteiger partial charge in [0, 0.05) is 16.3 Å². The van der Waals surface area contributed by atoms with Crippen molar-refractivity contribution < 1.29 is 9.84 Å². The van der Waals surface area contributed by atoms with Gasteiger partial charge in [-0.3, -0.25) is 4.68 Å². The molecule has 0 spiro atoms. The van der Waals surface area contributed by atoms with E-state index in [-0.39, 0.29) is 0 Å². The molecule has 1 N–H and O–H groups in total. The Hall–Kier alpha value is -1.33. The van der Waals surface area contributed by atoms with E-state index in [9.17, 15) is 5.11 Å². The maximum atomic E-state index is 10.5. The molecule has 2 aromatic rings. The molecule has 5 heteroatoms. The Morgan fingerprint density at radius 3 is 2.83 bits per heavy atom. The van der Waals surface area contributed by atoms with Crippen LogP contribution < -0.4 is 4.74 Å². The van der Waals surface area contributed by atoms with E-state index in [1.54, 1.807) is 24.6 Å². The van der Waals surface area contributed by atoms with Crippen LogP contribution in [0.25, 0.3) is 0 Å². The van der Waals surface area contributed by atoms with Crippen molar-refractivity contribution in [1.29, 1.82) is 0 Å². The molecule has 98 valence electrons. The summed E-state index contributed by atoms with van der Waals surface area (Å²) >= 11 is 1.59. The number of methoxy groups -OCH3 is 1. The molecule has 0 fully saturated rings. The third-order valence-electron chi connectivity index (χ3n) is 2.79. The van der Waals surface area contributed by atoms with Gasteiger partial charge in [0.2, 0.25) is 0 Å². The van der Waals surface area contributed by atoms with Gasteiger partial charge >= 0.3 is 0 Å². The SMILES string of the molecule is CCCn1ncc(OC)c1C(O)c1ccc(C)s1. The van der Waals surface area contributed by atoms with E-state index in [0.717, 1.165) is 23.5 Å². The minimum Gasteiger partial charge on any atom is -0.493 e. The maximum Gasteiger partial charge on any atom is 0.163 e. The lowest BCUT2D eigenvalue weighted by Gasteiger charge is -2.13. The maximum absolute atomic E-state index is 10.5. The van der Waals surface area contributed by atoms with E-state index in [1.807, 2.05) is 23.7 Å². The summed E-state index contributed by atoms with van der Waals surface area (Å²) in [6.07, 6.45) is 1.95. The van der Waals surface area contributed by atoms with Gasteiger partial charge in [0.1, 0.15) is 11.8 Å². The number of nitrogens with zero attached hydrogens (tertiary/aromatic N) is 2. The van der Waals surface area contributed by atoms with Crippen LogP contribution in [-0.4, -0.2) is 22.0 Å². The zero-order valence-corrected chi connectivity index (χ0v) is 11.7. The fourth-order valence-corrected chi connectivity index (χ4v) is 2.80. The van der Waals surface area contributed by atoms with E-state index < -0.39 is 6.10 Å². The lowest BCUT2D eigenvalue weighted by atomic mass is 10.2. The summed E-state index contributed by atoms with van der Waals surface area (Å²) in [5.41, 5.74) is 0.737. The molecule has 0 aliphatic carbocycles. The predicted molar refractivity (Wildman–Crippen MR) is 72.2 cm³/mol. The highest BCUT2D eigenvalue weighted by Gasteiger charge is 2.22. The van der Waals surface area contributed by atoms with Crippen LogP contribution in [0.15, 0.2) is 18.3 Å². The molecule has 0 aliphatic rings. The van der Waals surface area contributed by atoms with Crippen LogP contribution >= 0.6 is 11.3 Å². The Labute approximate surface area is 111 Å². The Balaban J connectivity index is 2.38. The molecule has 0 aromatic carbocycles. The van der Waals surface area contributed by atoms with Crippen molar-refractivity contribution in [1.82, 2.24) is 9.78 Å². The zero-order valence-electron chi connectivity index (χ0n) is 10.9. The van der Waals surface area contributed by atoms with Gasteiger partial charge in [-0.25, -0.2) is 0 Å². The third-order valence-corrected chi connectivity index (χ3v) is 3.84. The molecule has 2 aromatic heterocycles. The lowest BCUT2D eigenvalue weighted by Crippen LogP contribution is -2.10. The van der Waals surface area contributed by atoms with E-state index in [1.165, 1.54) is 4.88 Å². The molecule has 2 rings (SSSR count). The lowest BCUT2D eigenvalue weighted by molar-refractivity contribution is 0.205. The summed E-state index contributed by atoms with van der Waals surface area (Å²) in [4.78, 5) is 2.10. The van der Waals surface area contributed by atoms with Gasteiger partial charge in [0.25, 0.3) is 0 Å². The van der Waals surface area contributed by atoms with Crippen molar-refractivity contribution in [2.45, 2.75) is 32.9 Å². The monoisotopic (exact) mass is 266 g/mol. The highest BCUT2D eigenvalue weighted by Crippen LogP contribution is 2.33. The minimum atomic E-state index is -0.673. The summed E-state index contributed by atoms with van der Waals surface area (Å²) in [7, 11) is 1.60. The average Bonchev–Trinajstić information content (AvgIpc) is 2.95. The first-order valence-electron chi connectivity index (χ1n) is 6.01. The van der Waals surface area contributed by atoms with Crippen LogP contribution in [0.3, 0.4) is 0 Å². The number of rotatable bonds is 5. The Morgan fingerprint density at radius 1 is 1.50 bits per heavy atom. The zero-order chi connectivity index (χ0) is 13.1. The topological polar surface area (TPSA) is 47.3 Å². The Morgan fingerprint density at radius 2 is 2.28 bits per heavy atom. The largest absolute Gasteiger partial charge is 0.493 e. The molecule has 0 radical (unpaired) electrons. The normalized spacial score (nSPS) is 12.7. The molecule has 0 saturated heterocycles. The van der Waals surface area contributed by atoms with Crippen molar-refractivity contribution >= 4 is 11.3 Å². The first-order chi connectivity index (χ1) is 8.67. The summed E-state index contributed by atoms with van der Waals surface area (Å²) in [5.74, 6) is 0.641. The van der Waals surface area contributed by atoms with Crippen LogP contribution in [0.1, 0.15) is 34.9 Å². The van der Waals surface area contributed by atoms with Crippen molar-refractivity contribution in [3.63, 3.8) is 0 Å². The van der Waals surface area contributed by atoms with Crippen molar-refractivity contribution in [3.05, 3.63) is 33.8 Å². The molecular formula is C13H18N2O2S. The molecule has 0 aliphatic heterocycles. The highest BCUT2D eigenvalue weighted by molar-refractivity contribution is 7.12. The quantitative estimate of drug-likeness (QED) is 0.905. The van der Waals surface area contributed by atoms with Gasteiger partial charge in [-0.2, -0.15) is 5.10 Å². The van der Waals surface area contributed by atoms with Gasteiger partial charge in [-0.05, 0) is 25.5 Å². The Bertz CT molecular complexity index is 519. The molecular weight excluding hydrogens is 248 g/mol. The molecule has 0 amide bonds. The summed E-state index contributed by atoms with van der Waals surface area (Å²) < 4.78 is 7.10. The van der Waals surface area contributed by atoms with Crippen LogP contribution in [0.2, 0.25) is 0 Å². The number of hydrogen-bond acceptors (Lipinski definition) is 4. The number of aryl methyl sites for hydroxylation is 2. The minimum absolute atomic E-state index is 0.641. The van der Waals surface area contributed by atoms with E-state index in [4.69, 9.17) is 4.74 Å². The molecule has 4 nitrogen and oxygen atoms in total. The summed E-state index contributed by atoms with van der Waals surface area (Å²) in [6.45, 7) is 4.89. The van der Waals surface area contributed by atoms with E-state index in [0.29, 0.717) is 5.75 Å². The molecule has 0 bridgehead atoms. The fourth-order valence-electron chi connectivity index (χ4n) is 1.94. The summed E-state index contributed by atoms with van der Waals surface area (Å²) in [5, 5.41) is 14.7. The van der Waals surface area contributed by atoms with Gasteiger partial charge < -0.3 is 9.84 Å². The van der Waals surface area contributed by atoms with E-state index >= 15 is 0 Å². The van der Waals surface area contributed by atoms with Crippen molar-refractivity contribution in [2.75, 3.05) is 7.11 Å². The van der Waals surface area contributed by atoms with Crippen molar-refractivity contribution in [2.24, 2.45) is 0 Å². The average molecular weight is 266 g/mol. The van der Waals surface area contributed by atoms with Gasteiger partial charge in [0.05, 0.1) is 13.3 Å². The number of hydrogen-bond donors (Lipinski definition) is 1. The molecule has 0 saturated carbocycles. The second-order valence-electron chi connectivity index (χ2n) is 4.17. The number of ether oxygens (including phenoxy) is 1. The van der Waals surface area contributed by atoms with Gasteiger partial charge in [-0.15, -0.1) is 11.3 Å². The molecule has 1 unspecified atom stereocenters. The van der Waals surface area contributed by atoms with Crippen LogP contribution in [0, 0.1) is 6.92 Å². The number of aliphatic hydroxyl groups excluding tert-OH is 1. The number of aromatic nitrogens is 2. The van der Waals surface area contributed by atoms with Crippen LogP contribution in [-0.2, 0) is 6.54 Å². The second-order valence-corrected chi connectivity index (χ2v) is 5.49. The Kier molecular flexibility index (Phi) is 4.04. The van der Waals surface area contributed by atoms with Crippen LogP contribution in [0.5, 0.6) is 5.75 Å². The highest BCUT2D eigenvalue weighted by atomic mass is 32.1. The first-order valence-corrected chi connectivity index (χ1v) is 6.83. The molecule has 18 heavy (non-hydrogen) atoms. The first kappa shape index (κ1) is 13.1. The van der Waals surface area contributed by atoms with Crippen LogP contribution in [0.4, 0.5) is 0 Å². The summed E-state index contributed by atoms with van der Waals surface area (Å²) in [6, 6.07) is 3.96. The standard InChI is InChI=1S/C13H18N2O2S/c1-4-7-15-12(10(17-3)8-14-15)13(16)11-6-5-9(2)18-11/h5-6,8,13,16H,4,7H2,1-3H3. The third kappa shape index (κ3) is 2.42. The fraction of sp³-hybridized carbons (Fsp3) is 0.462. The predicted octanol–water partition coefficient (Wildman–Crippen LogP) is 2.75. The molecule has 2 heterocycles. The van der Waals surface area contributed by atoms with E-state index in [2.05, 4.69) is 12.0 Å². The van der Waals surface area contributed by atoms with Gasteiger partial charge in [0.15, 0.2) is 5.75 Å². The molecule has 1 atom stereocenters. The van der Waals surface area contributed by atoms with Gasteiger partial charge in [-0.1, -0.05) is 6.92 Å². The van der Waals surface area contributed by atoms with Crippen molar-refractivity contribution in [3.8, 4) is 5.75 Å². The second kappa shape index (κ2) is 5.54. The number of thiophene rings is 1. The smallest absolute Gasteiger partial charge is 0.163 e.